The molecule has 0 unspecified atom stereocenters. The first-order chi connectivity index (χ1) is 8.13. The third-order valence-electron chi connectivity index (χ3n) is 2.62. The molecule has 0 saturated heterocycles. The summed E-state index contributed by atoms with van der Waals surface area (Å²) in [5.74, 6) is 0.255. The second-order valence-corrected chi connectivity index (χ2v) is 5.14. The van der Waals surface area contributed by atoms with E-state index >= 15 is 0 Å². The average molecular weight is 245 g/mol. The third kappa shape index (κ3) is 1.64. The zero-order chi connectivity index (χ0) is 12.0. The molecule has 0 fully saturated rings. The smallest absolute Gasteiger partial charge is 0.121 e. The number of nitrogen functional groups attached to an aromatic ring is 1. The quantitative estimate of drug-likeness (QED) is 0.617. The van der Waals surface area contributed by atoms with Crippen molar-refractivity contribution in [3.8, 4) is 17.1 Å². The number of aromatic nitrogens is 2. The molecule has 0 radical (unpaired) electrons. The number of aromatic amines is 1. The van der Waals surface area contributed by atoms with Crippen LogP contribution in [-0.4, -0.2) is 15.1 Å². The Kier molecular flexibility index (Phi) is 2.09. The van der Waals surface area contributed by atoms with Crippen molar-refractivity contribution in [3.63, 3.8) is 0 Å². The summed E-state index contributed by atoms with van der Waals surface area (Å²) in [5, 5.41) is 12.0. The van der Waals surface area contributed by atoms with Crippen molar-refractivity contribution in [3.05, 3.63) is 29.3 Å². The van der Waals surface area contributed by atoms with Crippen LogP contribution in [0, 0.1) is 6.92 Å². The van der Waals surface area contributed by atoms with E-state index < -0.39 is 0 Å². The third-order valence-corrected chi connectivity index (χ3v) is 3.42. The average Bonchev–Trinajstić information content (AvgIpc) is 2.80. The number of aryl methyl sites for hydroxylation is 1. The summed E-state index contributed by atoms with van der Waals surface area (Å²) >= 11 is 1.47. The summed E-state index contributed by atoms with van der Waals surface area (Å²) in [6.07, 6.45) is 0. The van der Waals surface area contributed by atoms with Gasteiger partial charge < -0.3 is 15.8 Å². The van der Waals surface area contributed by atoms with Gasteiger partial charge in [0.25, 0.3) is 0 Å². The van der Waals surface area contributed by atoms with Gasteiger partial charge in [-0.25, -0.2) is 4.98 Å². The van der Waals surface area contributed by atoms with E-state index in [9.17, 15) is 5.11 Å². The molecule has 0 aliphatic carbocycles. The second kappa shape index (κ2) is 3.49. The maximum absolute atomic E-state index is 9.42. The van der Waals surface area contributed by atoms with Gasteiger partial charge in [-0.1, -0.05) is 0 Å². The zero-order valence-corrected chi connectivity index (χ0v) is 10.0. The molecule has 1 aromatic carbocycles. The molecule has 0 saturated carbocycles. The van der Waals surface area contributed by atoms with Gasteiger partial charge in [-0.15, -0.1) is 11.3 Å². The highest BCUT2D eigenvalue weighted by molar-refractivity contribution is 7.16. The second-order valence-electron chi connectivity index (χ2n) is 3.90. The number of H-pyrrole nitrogens is 1. The molecule has 2 heterocycles. The van der Waals surface area contributed by atoms with Crippen molar-refractivity contribution >= 4 is 27.2 Å². The Balaban J connectivity index is 2.21. The lowest BCUT2D eigenvalue weighted by atomic mass is 10.2. The van der Waals surface area contributed by atoms with Gasteiger partial charge >= 0.3 is 0 Å². The van der Waals surface area contributed by atoms with Gasteiger partial charge in [0.15, 0.2) is 0 Å². The van der Waals surface area contributed by atoms with Crippen LogP contribution < -0.4 is 5.73 Å². The highest BCUT2D eigenvalue weighted by atomic mass is 32.1. The van der Waals surface area contributed by atoms with Gasteiger partial charge in [0.1, 0.15) is 16.4 Å². The van der Waals surface area contributed by atoms with Crippen molar-refractivity contribution in [1.82, 2.24) is 9.97 Å². The summed E-state index contributed by atoms with van der Waals surface area (Å²) in [6.45, 7) is 1.93. The van der Waals surface area contributed by atoms with E-state index in [1.807, 2.05) is 19.1 Å². The Morgan fingerprint density at radius 2 is 2.18 bits per heavy atom. The SMILES string of the molecule is Cc1nc(-c2cc3cc(O)ccc3[nH]2)c(N)s1. The summed E-state index contributed by atoms with van der Waals surface area (Å²) in [4.78, 5) is 7.64. The van der Waals surface area contributed by atoms with Gasteiger partial charge in [0.05, 0.1) is 10.7 Å². The number of nitrogens with zero attached hydrogens (tertiary/aromatic N) is 1. The summed E-state index contributed by atoms with van der Waals surface area (Å²) in [5.41, 5.74) is 8.54. The van der Waals surface area contributed by atoms with Crippen LogP contribution in [0.25, 0.3) is 22.3 Å². The van der Waals surface area contributed by atoms with Crippen LogP contribution in [0.3, 0.4) is 0 Å². The van der Waals surface area contributed by atoms with E-state index in [2.05, 4.69) is 9.97 Å². The van der Waals surface area contributed by atoms with Crippen molar-refractivity contribution in [2.45, 2.75) is 6.92 Å². The number of nitrogens with one attached hydrogen (secondary N) is 1. The molecule has 0 bridgehead atoms. The van der Waals surface area contributed by atoms with E-state index in [1.165, 1.54) is 11.3 Å². The molecule has 0 amide bonds. The first-order valence-corrected chi connectivity index (χ1v) is 6.00. The van der Waals surface area contributed by atoms with Gasteiger partial charge in [0, 0.05) is 10.9 Å². The van der Waals surface area contributed by atoms with Crippen LogP contribution in [-0.2, 0) is 0 Å². The zero-order valence-electron chi connectivity index (χ0n) is 9.19. The van der Waals surface area contributed by atoms with Crippen LogP contribution in [0.15, 0.2) is 24.3 Å². The lowest BCUT2D eigenvalue weighted by Crippen LogP contribution is -1.85. The molecule has 0 spiro atoms. The van der Waals surface area contributed by atoms with E-state index in [4.69, 9.17) is 5.73 Å². The molecule has 3 rings (SSSR count). The summed E-state index contributed by atoms with van der Waals surface area (Å²) in [7, 11) is 0. The summed E-state index contributed by atoms with van der Waals surface area (Å²) in [6, 6.07) is 7.15. The number of phenols is 1. The molecule has 86 valence electrons. The van der Waals surface area contributed by atoms with Gasteiger partial charge in [-0.3, -0.25) is 0 Å². The summed E-state index contributed by atoms with van der Waals surface area (Å²) < 4.78 is 0. The topological polar surface area (TPSA) is 74.9 Å². The molecule has 5 heteroatoms. The first kappa shape index (κ1) is 10.2. The molecule has 0 atom stereocenters. The Bertz CT molecular complexity index is 699. The standard InChI is InChI=1S/C12H11N3OS/c1-6-14-11(12(13)17-6)10-5-7-4-8(16)2-3-9(7)15-10/h2-5,15-16H,13H2,1H3. The largest absolute Gasteiger partial charge is 0.508 e. The fraction of sp³-hybridized carbons (Fsp3) is 0.0833. The number of rotatable bonds is 1. The molecular formula is C12H11N3OS. The van der Waals surface area contributed by atoms with Crippen molar-refractivity contribution in [1.29, 1.82) is 0 Å². The minimum atomic E-state index is 0.255. The van der Waals surface area contributed by atoms with E-state index in [0.717, 1.165) is 27.3 Å². The molecule has 2 aromatic heterocycles. The molecule has 3 aromatic rings. The number of nitrogens with two attached hydrogens (primary N) is 1. The predicted molar refractivity (Wildman–Crippen MR) is 70.2 cm³/mol. The van der Waals surface area contributed by atoms with E-state index in [-0.39, 0.29) is 5.75 Å². The Morgan fingerprint density at radius 3 is 2.88 bits per heavy atom. The number of fused-ring (bicyclic) bond motifs is 1. The highest BCUT2D eigenvalue weighted by Crippen LogP contribution is 2.32. The van der Waals surface area contributed by atoms with E-state index in [0.29, 0.717) is 5.00 Å². The van der Waals surface area contributed by atoms with Crippen LogP contribution in [0.4, 0.5) is 5.00 Å². The number of benzene rings is 1. The number of hydrogen-bond acceptors (Lipinski definition) is 4. The molecule has 4 nitrogen and oxygen atoms in total. The number of thiazole rings is 1. The molecule has 0 aliphatic rings. The Morgan fingerprint density at radius 1 is 1.35 bits per heavy atom. The minimum Gasteiger partial charge on any atom is -0.508 e. The van der Waals surface area contributed by atoms with Crippen LogP contribution in [0.1, 0.15) is 5.01 Å². The van der Waals surface area contributed by atoms with Crippen molar-refractivity contribution in [2.75, 3.05) is 5.73 Å². The molecule has 17 heavy (non-hydrogen) atoms. The van der Waals surface area contributed by atoms with Crippen molar-refractivity contribution in [2.24, 2.45) is 0 Å². The fourth-order valence-electron chi connectivity index (χ4n) is 1.88. The Labute approximate surface area is 102 Å². The first-order valence-electron chi connectivity index (χ1n) is 5.18. The van der Waals surface area contributed by atoms with Gasteiger partial charge in [-0.05, 0) is 31.2 Å². The van der Waals surface area contributed by atoms with Gasteiger partial charge in [-0.2, -0.15) is 0 Å². The van der Waals surface area contributed by atoms with Crippen LogP contribution in [0.5, 0.6) is 5.75 Å². The fourth-order valence-corrected chi connectivity index (χ4v) is 2.59. The van der Waals surface area contributed by atoms with E-state index in [1.54, 1.807) is 12.1 Å². The molecular weight excluding hydrogens is 234 g/mol. The highest BCUT2D eigenvalue weighted by Gasteiger charge is 2.11. The normalized spacial score (nSPS) is 11.1. The predicted octanol–water partition coefficient (Wildman–Crippen LogP) is 2.89. The number of hydrogen-bond donors (Lipinski definition) is 3. The molecule has 4 N–H and O–H groups in total. The number of aromatic hydroxyl groups is 1. The van der Waals surface area contributed by atoms with Crippen LogP contribution in [0.2, 0.25) is 0 Å². The molecule has 0 aliphatic heterocycles. The van der Waals surface area contributed by atoms with Gasteiger partial charge in [0.2, 0.25) is 0 Å². The monoisotopic (exact) mass is 245 g/mol. The Hall–Kier alpha value is -2.01. The lowest BCUT2D eigenvalue weighted by Gasteiger charge is -1.92. The van der Waals surface area contributed by atoms with Crippen molar-refractivity contribution < 1.29 is 5.11 Å². The minimum absolute atomic E-state index is 0.255. The lowest BCUT2D eigenvalue weighted by molar-refractivity contribution is 0.476. The maximum Gasteiger partial charge on any atom is 0.121 e. The van der Waals surface area contributed by atoms with Crippen LogP contribution >= 0.6 is 11.3 Å². The number of phenolic OH excluding ortho intramolecular Hbond substituents is 1. The number of anilines is 1. The maximum atomic E-state index is 9.42.